The lowest BCUT2D eigenvalue weighted by Gasteiger charge is -2.19. The minimum Gasteiger partial charge on any atom is -0.242 e. The number of aromatic nitrogens is 1. The largest absolute Gasteiger partial charge is 0.247 e. The Hall–Kier alpha value is -0.610. The molecule has 1 aromatic heterocycles. The molecule has 0 aromatic carbocycles. The molecule has 0 unspecified atom stereocenters. The van der Waals surface area contributed by atoms with Crippen LogP contribution >= 0.6 is 27.5 Å². The van der Waals surface area contributed by atoms with Crippen LogP contribution in [0.25, 0.3) is 0 Å². The summed E-state index contributed by atoms with van der Waals surface area (Å²) < 4.78 is 26.5. The molecule has 0 aliphatic heterocycles. The first-order valence-corrected chi connectivity index (χ1v) is 7.79. The summed E-state index contributed by atoms with van der Waals surface area (Å²) in [6.45, 7) is 2.23. The van der Waals surface area contributed by atoms with Crippen LogP contribution in [0.2, 0.25) is 5.15 Å². The molecule has 0 saturated carbocycles. The molecule has 0 radical (unpaired) electrons. The summed E-state index contributed by atoms with van der Waals surface area (Å²) in [4.78, 5) is 3.77. The van der Waals surface area contributed by atoms with Gasteiger partial charge in [0.25, 0.3) is 0 Å². The van der Waals surface area contributed by atoms with Gasteiger partial charge < -0.3 is 0 Å². The van der Waals surface area contributed by atoms with E-state index in [0.29, 0.717) is 17.4 Å². The van der Waals surface area contributed by atoms with Crippen molar-refractivity contribution in [2.45, 2.75) is 18.2 Å². The molecule has 4 nitrogen and oxygen atoms in total. The number of terminal acetylenes is 1. The van der Waals surface area contributed by atoms with Gasteiger partial charge in [0, 0.05) is 17.2 Å². The number of hydrogen-bond acceptors (Lipinski definition) is 3. The molecule has 0 N–H and O–H groups in total. The van der Waals surface area contributed by atoms with Crippen molar-refractivity contribution in [3.8, 4) is 12.3 Å². The van der Waals surface area contributed by atoms with E-state index in [2.05, 4.69) is 26.8 Å². The fraction of sp³-hybridized carbons (Fsp3) is 0.364. The molecule has 0 fully saturated rings. The highest BCUT2D eigenvalue weighted by atomic mass is 79.9. The lowest BCUT2D eigenvalue weighted by Crippen LogP contribution is -2.32. The zero-order valence-corrected chi connectivity index (χ0v) is 12.9. The van der Waals surface area contributed by atoms with E-state index in [1.165, 1.54) is 16.6 Å². The van der Waals surface area contributed by atoms with Crippen molar-refractivity contribution < 1.29 is 8.42 Å². The molecule has 1 rings (SSSR count). The summed E-state index contributed by atoms with van der Waals surface area (Å²) >= 11 is 9.01. The zero-order valence-electron chi connectivity index (χ0n) is 9.73. The third-order valence-electron chi connectivity index (χ3n) is 2.13. The van der Waals surface area contributed by atoms with Crippen LogP contribution in [-0.2, 0) is 10.0 Å². The Morgan fingerprint density at radius 2 is 2.28 bits per heavy atom. The van der Waals surface area contributed by atoms with Crippen LogP contribution in [0.5, 0.6) is 0 Å². The number of sulfonamides is 1. The molecule has 98 valence electrons. The van der Waals surface area contributed by atoms with Gasteiger partial charge in [-0.1, -0.05) is 24.4 Å². The molecular weight excluding hydrogens is 340 g/mol. The van der Waals surface area contributed by atoms with Crippen LogP contribution < -0.4 is 0 Å². The standard InChI is InChI=1S/C11H12BrClN2O2S/c1-3-5-15(6-4-2)18(16,17)10-7-9(12)8-14-11(10)13/h1,7-8H,4-6H2,2H3. The smallest absolute Gasteiger partial charge is 0.242 e. The van der Waals surface area contributed by atoms with Gasteiger partial charge in [0.2, 0.25) is 10.0 Å². The zero-order chi connectivity index (χ0) is 13.8. The SMILES string of the molecule is C#CCN(CCC)S(=O)(=O)c1cc(Br)cnc1Cl. The summed E-state index contributed by atoms with van der Waals surface area (Å²) in [6, 6.07) is 1.42. The Balaban J connectivity index is 3.26. The molecule has 1 heterocycles. The predicted octanol–water partition coefficient (Wildman–Crippen LogP) is 2.53. The van der Waals surface area contributed by atoms with Gasteiger partial charge in [-0.25, -0.2) is 13.4 Å². The Kier molecular flexibility index (Phi) is 5.60. The molecule has 0 aliphatic rings. The maximum atomic E-state index is 12.4. The van der Waals surface area contributed by atoms with Gasteiger partial charge in [0.1, 0.15) is 10.0 Å². The fourth-order valence-corrected chi connectivity index (χ4v) is 3.73. The highest BCUT2D eigenvalue weighted by Gasteiger charge is 2.26. The van der Waals surface area contributed by atoms with Gasteiger partial charge >= 0.3 is 0 Å². The quantitative estimate of drug-likeness (QED) is 0.605. The second-order valence-electron chi connectivity index (χ2n) is 3.49. The van der Waals surface area contributed by atoms with Crippen LogP contribution in [0.3, 0.4) is 0 Å². The first-order chi connectivity index (χ1) is 8.43. The van der Waals surface area contributed by atoms with E-state index < -0.39 is 10.0 Å². The number of halogens is 2. The predicted molar refractivity (Wildman–Crippen MR) is 74.8 cm³/mol. The number of rotatable bonds is 5. The summed E-state index contributed by atoms with van der Waals surface area (Å²) in [7, 11) is -3.71. The Labute approximate surface area is 121 Å². The molecule has 0 aliphatic carbocycles. The summed E-state index contributed by atoms with van der Waals surface area (Å²) in [6.07, 6.45) is 7.29. The monoisotopic (exact) mass is 350 g/mol. The molecular formula is C11H12BrClN2O2S. The van der Waals surface area contributed by atoms with Crippen molar-refractivity contribution in [1.82, 2.24) is 9.29 Å². The van der Waals surface area contributed by atoms with Crippen LogP contribution in [0.15, 0.2) is 21.6 Å². The fourth-order valence-electron chi connectivity index (χ4n) is 1.36. The maximum Gasteiger partial charge on any atom is 0.247 e. The molecule has 7 heteroatoms. The first-order valence-electron chi connectivity index (χ1n) is 5.18. The van der Waals surface area contributed by atoms with Crippen LogP contribution in [0.1, 0.15) is 13.3 Å². The minimum atomic E-state index is -3.71. The normalized spacial score (nSPS) is 11.5. The van der Waals surface area contributed by atoms with Crippen molar-refractivity contribution in [1.29, 1.82) is 0 Å². The lowest BCUT2D eigenvalue weighted by atomic mass is 10.5. The highest BCUT2D eigenvalue weighted by Crippen LogP contribution is 2.25. The topological polar surface area (TPSA) is 50.3 Å². The lowest BCUT2D eigenvalue weighted by molar-refractivity contribution is 0.445. The molecule has 0 saturated heterocycles. The average Bonchev–Trinajstić information content (AvgIpc) is 2.32. The van der Waals surface area contributed by atoms with Crippen molar-refractivity contribution in [2.24, 2.45) is 0 Å². The summed E-state index contributed by atoms with van der Waals surface area (Å²) in [5.41, 5.74) is 0. The molecule has 0 atom stereocenters. The molecule has 0 amide bonds. The maximum absolute atomic E-state index is 12.4. The van der Waals surface area contributed by atoms with Crippen molar-refractivity contribution in [2.75, 3.05) is 13.1 Å². The summed E-state index contributed by atoms with van der Waals surface area (Å²) in [5, 5.41) is -0.0590. The van der Waals surface area contributed by atoms with Crippen LogP contribution in [0.4, 0.5) is 0 Å². The third-order valence-corrected chi connectivity index (χ3v) is 4.84. The van der Waals surface area contributed by atoms with Gasteiger partial charge in [-0.3, -0.25) is 0 Å². The number of pyridine rings is 1. The van der Waals surface area contributed by atoms with Crippen molar-refractivity contribution in [3.05, 3.63) is 21.9 Å². The van der Waals surface area contributed by atoms with Gasteiger partial charge in [0.05, 0.1) is 6.54 Å². The Morgan fingerprint density at radius 3 is 2.83 bits per heavy atom. The van der Waals surface area contributed by atoms with Crippen LogP contribution in [-0.4, -0.2) is 30.8 Å². The molecule has 0 spiro atoms. The van der Waals surface area contributed by atoms with Gasteiger partial charge in [-0.15, -0.1) is 6.42 Å². The molecule has 18 heavy (non-hydrogen) atoms. The number of hydrogen-bond donors (Lipinski definition) is 0. The van der Waals surface area contributed by atoms with E-state index in [1.807, 2.05) is 6.92 Å². The van der Waals surface area contributed by atoms with E-state index >= 15 is 0 Å². The van der Waals surface area contributed by atoms with E-state index in [-0.39, 0.29) is 16.6 Å². The molecule has 1 aromatic rings. The highest BCUT2D eigenvalue weighted by molar-refractivity contribution is 9.10. The second-order valence-corrected chi connectivity index (χ2v) is 6.67. The Bertz CT molecular complexity index is 569. The van der Waals surface area contributed by atoms with E-state index in [4.69, 9.17) is 18.0 Å². The van der Waals surface area contributed by atoms with Gasteiger partial charge in [0.15, 0.2) is 0 Å². The average molecular weight is 352 g/mol. The van der Waals surface area contributed by atoms with E-state index in [9.17, 15) is 8.42 Å². The van der Waals surface area contributed by atoms with Crippen molar-refractivity contribution >= 4 is 37.6 Å². The van der Waals surface area contributed by atoms with Crippen molar-refractivity contribution in [3.63, 3.8) is 0 Å². The van der Waals surface area contributed by atoms with Gasteiger partial charge in [-0.05, 0) is 28.4 Å². The van der Waals surface area contributed by atoms with Crippen LogP contribution in [0, 0.1) is 12.3 Å². The Morgan fingerprint density at radius 1 is 1.61 bits per heavy atom. The third kappa shape index (κ3) is 3.45. The first kappa shape index (κ1) is 15.4. The van der Waals surface area contributed by atoms with Gasteiger partial charge in [-0.2, -0.15) is 4.31 Å². The minimum absolute atomic E-state index is 0.0129. The number of nitrogens with zero attached hydrogens (tertiary/aromatic N) is 2. The van der Waals surface area contributed by atoms with E-state index in [1.54, 1.807) is 0 Å². The van der Waals surface area contributed by atoms with E-state index in [0.717, 1.165) is 0 Å². The summed E-state index contributed by atoms with van der Waals surface area (Å²) in [5.74, 6) is 2.33. The second kappa shape index (κ2) is 6.53. The molecule has 0 bridgehead atoms.